The normalized spacial score (nSPS) is 15.4. The Morgan fingerprint density at radius 3 is 2.43 bits per heavy atom. The van der Waals surface area contributed by atoms with Gasteiger partial charge in [0.2, 0.25) is 11.8 Å². The van der Waals surface area contributed by atoms with E-state index >= 15 is 0 Å². The maximum absolute atomic E-state index is 13.6. The summed E-state index contributed by atoms with van der Waals surface area (Å²) in [5.41, 5.74) is 15.4. The standard InChI is InChI=1S/C26H25ClFN5O2/c1-14(17-8-9-21(28)20(27)10-17)32-26(35)23-11-18-6-7-19(24(29)30)12-22(18)33(23)13-15-2-4-16(5-3-15)25(31)34/h2-10,12,14,23H,11,13H2,1H3,(H3,29,30)(H2,31,34)(H,32,35)/t14-,23?/m1/s1. The smallest absolute Gasteiger partial charge is 0.248 e. The van der Waals surface area contributed by atoms with Gasteiger partial charge in [-0.2, -0.15) is 0 Å². The largest absolute Gasteiger partial charge is 0.384 e. The van der Waals surface area contributed by atoms with E-state index in [4.69, 9.17) is 28.5 Å². The second kappa shape index (κ2) is 9.76. The number of hydrogen-bond donors (Lipinski definition) is 4. The minimum absolute atomic E-state index is 0.00494. The van der Waals surface area contributed by atoms with E-state index < -0.39 is 23.8 Å². The molecule has 2 atom stereocenters. The predicted octanol–water partition coefficient (Wildman–Crippen LogP) is 3.67. The maximum Gasteiger partial charge on any atom is 0.248 e. The number of nitrogens with zero attached hydrogens (tertiary/aromatic N) is 1. The molecular formula is C26H25ClFN5O2. The van der Waals surface area contributed by atoms with Gasteiger partial charge in [-0.3, -0.25) is 15.0 Å². The van der Waals surface area contributed by atoms with Crippen LogP contribution in [-0.2, 0) is 17.8 Å². The third-order valence-corrected chi connectivity index (χ3v) is 6.48. The number of amidine groups is 1. The number of carbonyl (C=O) groups is 2. The Hall–Kier alpha value is -3.91. The molecule has 1 unspecified atom stereocenters. The number of rotatable bonds is 7. The van der Waals surface area contributed by atoms with Gasteiger partial charge in [-0.1, -0.05) is 41.9 Å². The highest BCUT2D eigenvalue weighted by molar-refractivity contribution is 6.30. The van der Waals surface area contributed by atoms with Crippen molar-refractivity contribution in [3.63, 3.8) is 0 Å². The van der Waals surface area contributed by atoms with Crippen LogP contribution in [0.3, 0.4) is 0 Å². The Kier molecular flexibility index (Phi) is 6.75. The van der Waals surface area contributed by atoms with Crippen LogP contribution in [0.2, 0.25) is 5.02 Å². The number of nitrogens with one attached hydrogen (secondary N) is 2. The fourth-order valence-electron chi connectivity index (χ4n) is 4.23. The van der Waals surface area contributed by atoms with E-state index in [1.807, 2.05) is 24.0 Å². The molecule has 0 bridgehead atoms. The van der Waals surface area contributed by atoms with Crippen molar-refractivity contribution >= 4 is 34.9 Å². The zero-order chi connectivity index (χ0) is 25.3. The van der Waals surface area contributed by atoms with E-state index in [1.54, 1.807) is 36.4 Å². The molecule has 3 aromatic carbocycles. The first-order chi connectivity index (χ1) is 16.6. The van der Waals surface area contributed by atoms with Crippen LogP contribution in [0.25, 0.3) is 0 Å². The first kappa shape index (κ1) is 24.2. The fraction of sp³-hybridized carbons (Fsp3) is 0.192. The number of fused-ring (bicyclic) bond motifs is 1. The molecule has 1 heterocycles. The number of carbonyl (C=O) groups excluding carboxylic acids is 2. The highest BCUT2D eigenvalue weighted by Crippen LogP contribution is 2.35. The Morgan fingerprint density at radius 2 is 1.80 bits per heavy atom. The predicted molar refractivity (Wildman–Crippen MR) is 134 cm³/mol. The summed E-state index contributed by atoms with van der Waals surface area (Å²) in [5, 5.41) is 10.8. The van der Waals surface area contributed by atoms with Gasteiger partial charge in [0, 0.05) is 29.8 Å². The third-order valence-electron chi connectivity index (χ3n) is 6.19. The second-order valence-corrected chi connectivity index (χ2v) is 8.98. The van der Waals surface area contributed by atoms with Crippen LogP contribution >= 0.6 is 11.6 Å². The monoisotopic (exact) mass is 493 g/mol. The molecule has 0 aliphatic carbocycles. The molecule has 9 heteroatoms. The van der Waals surface area contributed by atoms with Crippen molar-refractivity contribution in [2.24, 2.45) is 11.5 Å². The van der Waals surface area contributed by atoms with Crippen LogP contribution in [0, 0.1) is 11.2 Å². The minimum atomic E-state index is -0.526. The molecule has 180 valence electrons. The van der Waals surface area contributed by atoms with Gasteiger partial charge >= 0.3 is 0 Å². The number of halogens is 2. The molecule has 1 aliphatic heterocycles. The first-order valence-corrected chi connectivity index (χ1v) is 11.4. The highest BCUT2D eigenvalue weighted by Gasteiger charge is 2.35. The lowest BCUT2D eigenvalue weighted by Crippen LogP contribution is -2.45. The van der Waals surface area contributed by atoms with Gasteiger partial charge in [0.1, 0.15) is 17.7 Å². The lowest BCUT2D eigenvalue weighted by atomic mass is 10.1. The number of benzene rings is 3. The number of nitrogens with two attached hydrogens (primary N) is 2. The quantitative estimate of drug-likeness (QED) is 0.296. The third kappa shape index (κ3) is 5.12. The van der Waals surface area contributed by atoms with Crippen LogP contribution in [0.5, 0.6) is 0 Å². The van der Waals surface area contributed by atoms with Gasteiger partial charge in [-0.05, 0) is 53.9 Å². The topological polar surface area (TPSA) is 125 Å². The average molecular weight is 494 g/mol. The van der Waals surface area contributed by atoms with Crippen LogP contribution < -0.4 is 21.7 Å². The van der Waals surface area contributed by atoms with E-state index in [-0.39, 0.29) is 16.8 Å². The molecule has 1 aliphatic rings. The summed E-state index contributed by atoms with van der Waals surface area (Å²) in [4.78, 5) is 26.8. The molecule has 6 N–H and O–H groups in total. The molecule has 0 radical (unpaired) electrons. The fourth-order valence-corrected chi connectivity index (χ4v) is 4.42. The zero-order valence-corrected chi connectivity index (χ0v) is 19.8. The van der Waals surface area contributed by atoms with Gasteiger partial charge in [0.05, 0.1) is 11.1 Å². The van der Waals surface area contributed by atoms with E-state index in [9.17, 15) is 14.0 Å². The van der Waals surface area contributed by atoms with E-state index in [0.29, 0.717) is 29.7 Å². The molecule has 0 saturated carbocycles. The van der Waals surface area contributed by atoms with E-state index in [2.05, 4.69) is 5.32 Å². The number of primary amides is 1. The Morgan fingerprint density at radius 1 is 1.11 bits per heavy atom. The number of amides is 2. The van der Waals surface area contributed by atoms with Crippen molar-refractivity contribution in [1.82, 2.24) is 5.32 Å². The average Bonchev–Trinajstić information content (AvgIpc) is 3.18. The molecular weight excluding hydrogens is 469 g/mol. The summed E-state index contributed by atoms with van der Waals surface area (Å²) in [7, 11) is 0. The van der Waals surface area contributed by atoms with Crippen molar-refractivity contribution in [3.8, 4) is 0 Å². The Labute approximate surface area is 207 Å². The Bertz CT molecular complexity index is 1310. The summed E-state index contributed by atoms with van der Waals surface area (Å²) in [6.07, 6.45) is 0.468. The molecule has 0 fully saturated rings. The molecule has 0 spiro atoms. The van der Waals surface area contributed by atoms with Crippen molar-refractivity contribution in [2.75, 3.05) is 4.90 Å². The highest BCUT2D eigenvalue weighted by atomic mass is 35.5. The summed E-state index contributed by atoms with van der Waals surface area (Å²) in [5.74, 6) is -1.29. The first-order valence-electron chi connectivity index (χ1n) is 11.0. The van der Waals surface area contributed by atoms with Crippen LogP contribution in [0.4, 0.5) is 10.1 Å². The molecule has 0 saturated heterocycles. The van der Waals surface area contributed by atoms with Gasteiger partial charge in [0.15, 0.2) is 0 Å². The number of nitrogen functional groups attached to an aromatic ring is 1. The van der Waals surface area contributed by atoms with Crippen LogP contribution in [-0.4, -0.2) is 23.7 Å². The van der Waals surface area contributed by atoms with Crippen molar-refractivity contribution in [3.05, 3.63) is 99.3 Å². The van der Waals surface area contributed by atoms with E-state index in [0.717, 1.165) is 16.8 Å². The van der Waals surface area contributed by atoms with Crippen molar-refractivity contribution in [1.29, 1.82) is 5.41 Å². The summed E-state index contributed by atoms with van der Waals surface area (Å²) < 4.78 is 13.6. The molecule has 35 heavy (non-hydrogen) atoms. The zero-order valence-electron chi connectivity index (χ0n) is 19.0. The van der Waals surface area contributed by atoms with Crippen LogP contribution in [0.1, 0.15) is 45.6 Å². The summed E-state index contributed by atoms with van der Waals surface area (Å²) in [6.45, 7) is 2.20. The Balaban J connectivity index is 1.62. The lowest BCUT2D eigenvalue weighted by molar-refractivity contribution is -0.123. The van der Waals surface area contributed by atoms with Crippen LogP contribution in [0.15, 0.2) is 60.7 Å². The van der Waals surface area contributed by atoms with E-state index in [1.165, 1.54) is 12.1 Å². The molecule has 0 aromatic heterocycles. The molecule has 4 rings (SSSR count). The molecule has 2 amide bonds. The summed E-state index contributed by atoms with van der Waals surface area (Å²) in [6, 6.07) is 15.8. The molecule has 3 aromatic rings. The molecule has 7 nitrogen and oxygen atoms in total. The van der Waals surface area contributed by atoms with Gasteiger partial charge in [-0.25, -0.2) is 4.39 Å². The van der Waals surface area contributed by atoms with Crippen molar-refractivity contribution < 1.29 is 14.0 Å². The van der Waals surface area contributed by atoms with Gasteiger partial charge in [0.25, 0.3) is 0 Å². The number of anilines is 1. The lowest BCUT2D eigenvalue weighted by Gasteiger charge is -2.28. The SMILES string of the molecule is C[C@@H](NC(=O)C1Cc2ccc(C(=N)N)cc2N1Cc1ccc(C(N)=O)cc1)c1ccc(F)c(Cl)c1. The van der Waals surface area contributed by atoms with Gasteiger partial charge in [-0.15, -0.1) is 0 Å². The maximum atomic E-state index is 13.6. The second-order valence-electron chi connectivity index (χ2n) is 8.57. The van der Waals surface area contributed by atoms with Gasteiger partial charge < -0.3 is 21.7 Å². The minimum Gasteiger partial charge on any atom is -0.384 e. The summed E-state index contributed by atoms with van der Waals surface area (Å²) >= 11 is 5.91. The number of hydrogen-bond acceptors (Lipinski definition) is 4. The van der Waals surface area contributed by atoms with Crippen molar-refractivity contribution in [2.45, 2.75) is 32.0 Å².